The lowest BCUT2D eigenvalue weighted by atomic mass is 10.3. The van der Waals surface area contributed by atoms with Gasteiger partial charge in [0.05, 0.1) is 30.9 Å². The summed E-state index contributed by atoms with van der Waals surface area (Å²) in [7, 11) is 1.58. The minimum atomic E-state index is -0.666. The third-order valence-electron chi connectivity index (χ3n) is 2.20. The monoisotopic (exact) mass is 277 g/mol. The molecule has 0 aliphatic heterocycles. The number of hydrogen-bond acceptors (Lipinski definition) is 4. The first-order valence-electron chi connectivity index (χ1n) is 5.57. The van der Waals surface area contributed by atoms with E-state index in [0.717, 1.165) is 0 Å². The number of aliphatic hydroxyl groups is 1. The Bertz CT molecular complexity index is 365. The third kappa shape index (κ3) is 5.64. The van der Waals surface area contributed by atoms with E-state index in [1.807, 2.05) is 0 Å². The van der Waals surface area contributed by atoms with Crippen LogP contribution in [0.1, 0.15) is 0 Å². The van der Waals surface area contributed by atoms with Crippen LogP contribution < -0.4 is 5.32 Å². The quantitative estimate of drug-likeness (QED) is 0.713. The minimum absolute atomic E-state index is 0.0731. The van der Waals surface area contributed by atoms with Gasteiger partial charge in [0.15, 0.2) is 0 Å². The zero-order chi connectivity index (χ0) is 13.4. The largest absolute Gasteiger partial charge is 0.389 e. The molecule has 0 aliphatic carbocycles. The first kappa shape index (κ1) is 15.2. The predicted molar refractivity (Wildman–Crippen MR) is 68.6 cm³/mol. The molecule has 0 radical (unpaired) electrons. The topological polar surface area (TPSA) is 50.7 Å². The molecule has 1 aromatic rings. The number of anilines is 1. The normalized spacial score (nSPS) is 12.4. The van der Waals surface area contributed by atoms with Crippen LogP contribution in [0.2, 0.25) is 5.02 Å². The molecule has 1 aromatic carbocycles. The van der Waals surface area contributed by atoms with E-state index in [1.165, 1.54) is 12.1 Å². The van der Waals surface area contributed by atoms with E-state index in [-0.39, 0.29) is 18.2 Å². The van der Waals surface area contributed by atoms with Crippen molar-refractivity contribution in [3.05, 3.63) is 29.0 Å². The van der Waals surface area contributed by atoms with E-state index in [1.54, 1.807) is 13.2 Å². The van der Waals surface area contributed by atoms with Gasteiger partial charge in [-0.05, 0) is 18.2 Å². The summed E-state index contributed by atoms with van der Waals surface area (Å²) in [6.07, 6.45) is -0.666. The highest BCUT2D eigenvalue weighted by Gasteiger charge is 2.05. The Morgan fingerprint density at radius 1 is 1.44 bits per heavy atom. The number of hydrogen-bond donors (Lipinski definition) is 2. The van der Waals surface area contributed by atoms with Crippen LogP contribution >= 0.6 is 11.6 Å². The highest BCUT2D eigenvalue weighted by Crippen LogP contribution is 2.18. The van der Waals surface area contributed by atoms with Crippen LogP contribution in [-0.2, 0) is 9.47 Å². The Labute approximate surface area is 111 Å². The Balaban J connectivity index is 2.24. The number of methoxy groups -OCH3 is 1. The molecule has 0 aliphatic rings. The predicted octanol–water partition coefficient (Wildman–Crippen LogP) is 1.91. The van der Waals surface area contributed by atoms with Crippen LogP contribution in [0.4, 0.5) is 10.1 Å². The lowest BCUT2D eigenvalue weighted by molar-refractivity contribution is 0.0182. The van der Waals surface area contributed by atoms with E-state index >= 15 is 0 Å². The lowest BCUT2D eigenvalue weighted by Gasteiger charge is -2.13. The van der Waals surface area contributed by atoms with Crippen LogP contribution in [0, 0.1) is 5.82 Å². The fourth-order valence-corrected chi connectivity index (χ4v) is 1.38. The van der Waals surface area contributed by atoms with Crippen molar-refractivity contribution in [2.45, 2.75) is 6.10 Å². The Morgan fingerprint density at radius 3 is 2.89 bits per heavy atom. The second-order valence-corrected chi connectivity index (χ2v) is 4.14. The maximum absolute atomic E-state index is 13.1. The van der Waals surface area contributed by atoms with Crippen molar-refractivity contribution in [3.8, 4) is 0 Å². The van der Waals surface area contributed by atoms with Crippen molar-refractivity contribution >= 4 is 17.3 Å². The molecular weight excluding hydrogens is 261 g/mol. The molecule has 0 bridgehead atoms. The SMILES string of the molecule is COCCOCC(O)CNc1ccc(Cl)c(F)c1. The maximum Gasteiger partial charge on any atom is 0.143 e. The molecule has 1 atom stereocenters. The molecule has 6 heteroatoms. The van der Waals surface area contributed by atoms with Crippen LogP contribution in [-0.4, -0.2) is 44.7 Å². The number of rotatable bonds is 8. The number of nitrogens with one attached hydrogen (secondary N) is 1. The Morgan fingerprint density at radius 2 is 2.22 bits per heavy atom. The van der Waals surface area contributed by atoms with Crippen LogP contribution in [0.3, 0.4) is 0 Å². The van der Waals surface area contributed by atoms with Crippen molar-refractivity contribution in [2.24, 2.45) is 0 Å². The van der Waals surface area contributed by atoms with Gasteiger partial charge in [0.2, 0.25) is 0 Å². The molecule has 102 valence electrons. The molecule has 0 spiro atoms. The van der Waals surface area contributed by atoms with E-state index in [4.69, 9.17) is 21.1 Å². The Kier molecular flexibility index (Phi) is 6.97. The van der Waals surface area contributed by atoms with Gasteiger partial charge in [0.25, 0.3) is 0 Å². The zero-order valence-electron chi connectivity index (χ0n) is 10.2. The van der Waals surface area contributed by atoms with Gasteiger partial charge in [-0.3, -0.25) is 0 Å². The standard InChI is InChI=1S/C12H17ClFNO3/c1-17-4-5-18-8-10(16)7-15-9-2-3-11(13)12(14)6-9/h2-3,6,10,15-16H,4-5,7-8H2,1H3. The first-order valence-corrected chi connectivity index (χ1v) is 5.95. The van der Waals surface area contributed by atoms with Gasteiger partial charge < -0.3 is 19.9 Å². The average molecular weight is 278 g/mol. The molecule has 1 unspecified atom stereocenters. The van der Waals surface area contributed by atoms with Crippen molar-refractivity contribution in [2.75, 3.05) is 38.8 Å². The molecule has 18 heavy (non-hydrogen) atoms. The van der Waals surface area contributed by atoms with E-state index in [2.05, 4.69) is 5.32 Å². The molecule has 0 aromatic heterocycles. The summed E-state index contributed by atoms with van der Waals surface area (Å²) in [5, 5.41) is 12.6. The molecule has 2 N–H and O–H groups in total. The molecular formula is C12H17ClFNO3. The summed E-state index contributed by atoms with van der Waals surface area (Å²) in [6, 6.07) is 4.38. The molecule has 0 saturated heterocycles. The van der Waals surface area contributed by atoms with E-state index in [9.17, 15) is 9.50 Å². The smallest absolute Gasteiger partial charge is 0.143 e. The molecule has 1 rings (SSSR count). The van der Waals surface area contributed by atoms with Gasteiger partial charge in [0.1, 0.15) is 5.82 Å². The second-order valence-electron chi connectivity index (χ2n) is 3.73. The maximum atomic E-state index is 13.1. The molecule has 0 saturated carbocycles. The first-order chi connectivity index (χ1) is 8.63. The number of ether oxygens (including phenoxy) is 2. The highest BCUT2D eigenvalue weighted by molar-refractivity contribution is 6.30. The molecule has 4 nitrogen and oxygen atoms in total. The summed E-state index contributed by atoms with van der Waals surface area (Å²) in [5.74, 6) is -0.493. The zero-order valence-corrected chi connectivity index (χ0v) is 10.9. The van der Waals surface area contributed by atoms with Crippen molar-refractivity contribution in [3.63, 3.8) is 0 Å². The van der Waals surface area contributed by atoms with Crippen molar-refractivity contribution in [1.82, 2.24) is 0 Å². The molecule has 0 fully saturated rings. The number of aliphatic hydroxyl groups excluding tert-OH is 1. The van der Waals surface area contributed by atoms with Gasteiger partial charge in [-0.25, -0.2) is 4.39 Å². The molecule has 0 amide bonds. The third-order valence-corrected chi connectivity index (χ3v) is 2.51. The summed E-state index contributed by atoms with van der Waals surface area (Å²) >= 11 is 5.56. The van der Waals surface area contributed by atoms with E-state index in [0.29, 0.717) is 18.9 Å². The summed E-state index contributed by atoms with van der Waals surface area (Å²) in [5.41, 5.74) is 0.563. The van der Waals surface area contributed by atoms with Gasteiger partial charge in [-0.2, -0.15) is 0 Å². The Hall–Kier alpha value is -0.880. The number of benzene rings is 1. The summed E-state index contributed by atoms with van der Waals surface area (Å²) < 4.78 is 23.1. The second kappa shape index (κ2) is 8.26. The van der Waals surface area contributed by atoms with Crippen LogP contribution in [0.25, 0.3) is 0 Å². The highest BCUT2D eigenvalue weighted by atomic mass is 35.5. The molecule has 0 heterocycles. The van der Waals surface area contributed by atoms with E-state index < -0.39 is 11.9 Å². The van der Waals surface area contributed by atoms with Gasteiger partial charge in [0, 0.05) is 19.3 Å². The van der Waals surface area contributed by atoms with Crippen molar-refractivity contribution in [1.29, 1.82) is 0 Å². The minimum Gasteiger partial charge on any atom is -0.389 e. The van der Waals surface area contributed by atoms with Crippen LogP contribution in [0.5, 0.6) is 0 Å². The summed E-state index contributed by atoms with van der Waals surface area (Å²) in [4.78, 5) is 0. The average Bonchev–Trinajstić information content (AvgIpc) is 2.36. The van der Waals surface area contributed by atoms with Gasteiger partial charge >= 0.3 is 0 Å². The van der Waals surface area contributed by atoms with Crippen molar-refractivity contribution < 1.29 is 19.0 Å². The van der Waals surface area contributed by atoms with Crippen LogP contribution in [0.15, 0.2) is 18.2 Å². The summed E-state index contributed by atoms with van der Waals surface area (Å²) in [6.45, 7) is 1.40. The lowest BCUT2D eigenvalue weighted by Crippen LogP contribution is -2.25. The van der Waals surface area contributed by atoms with Gasteiger partial charge in [-0.1, -0.05) is 11.6 Å². The van der Waals surface area contributed by atoms with Gasteiger partial charge in [-0.15, -0.1) is 0 Å². The number of halogens is 2. The fourth-order valence-electron chi connectivity index (χ4n) is 1.26. The fraction of sp³-hybridized carbons (Fsp3) is 0.500.